The Balaban J connectivity index is 2.64. The summed E-state index contributed by atoms with van der Waals surface area (Å²) in [5.74, 6) is 0. The lowest BCUT2D eigenvalue weighted by molar-refractivity contribution is 0.155. The molecule has 0 bridgehead atoms. The van der Waals surface area contributed by atoms with Crippen LogP contribution in [-0.2, 0) is 10.0 Å². The van der Waals surface area contributed by atoms with Crippen LogP contribution in [0.2, 0.25) is 0 Å². The van der Waals surface area contributed by atoms with Gasteiger partial charge in [0.05, 0.1) is 11.5 Å². The van der Waals surface area contributed by atoms with Gasteiger partial charge in [0.15, 0.2) is 0 Å². The monoisotopic (exact) mass is 325 g/mol. The Morgan fingerprint density at radius 2 is 1.45 bits per heavy atom. The van der Waals surface area contributed by atoms with Crippen molar-refractivity contribution >= 4 is 10.0 Å². The average Bonchev–Trinajstić information content (AvgIpc) is 2.50. The van der Waals surface area contributed by atoms with Gasteiger partial charge in [-0.25, -0.2) is 8.42 Å². The first kappa shape index (κ1) is 17.4. The van der Waals surface area contributed by atoms with E-state index >= 15 is 0 Å². The Kier molecular flexibility index (Phi) is 5.00. The molecule has 1 saturated heterocycles. The van der Waals surface area contributed by atoms with E-state index in [0.717, 1.165) is 47.1 Å². The second kappa shape index (κ2) is 6.30. The Hall–Kier alpha value is -0.910. The van der Waals surface area contributed by atoms with Crippen LogP contribution in [-0.4, -0.2) is 37.0 Å². The minimum absolute atomic E-state index is 0.110. The van der Waals surface area contributed by atoms with Crippen molar-refractivity contribution in [2.75, 3.05) is 13.2 Å². The first-order valence-corrected chi connectivity index (χ1v) is 9.37. The second-order valence-corrected chi connectivity index (χ2v) is 8.23. The van der Waals surface area contributed by atoms with Crippen LogP contribution >= 0.6 is 0 Å². The molecular weight excluding hydrogens is 298 g/mol. The fourth-order valence-electron chi connectivity index (χ4n) is 3.44. The van der Waals surface area contributed by atoms with E-state index in [2.05, 4.69) is 0 Å². The van der Waals surface area contributed by atoms with Crippen molar-refractivity contribution in [1.82, 2.24) is 4.31 Å². The number of aliphatic hydroxyl groups is 1. The van der Waals surface area contributed by atoms with E-state index in [9.17, 15) is 13.5 Å². The minimum Gasteiger partial charge on any atom is -0.395 e. The molecule has 1 aromatic carbocycles. The van der Waals surface area contributed by atoms with Gasteiger partial charge in [0.25, 0.3) is 0 Å². The first-order chi connectivity index (χ1) is 10.2. The minimum atomic E-state index is -3.57. The van der Waals surface area contributed by atoms with Gasteiger partial charge in [-0.2, -0.15) is 4.31 Å². The van der Waals surface area contributed by atoms with E-state index < -0.39 is 10.0 Å². The quantitative estimate of drug-likeness (QED) is 0.929. The molecule has 1 N–H and O–H groups in total. The number of nitrogens with zero attached hydrogens (tertiary/aromatic N) is 1. The second-order valence-electron chi connectivity index (χ2n) is 6.40. The molecule has 1 atom stereocenters. The largest absolute Gasteiger partial charge is 0.395 e. The number of rotatable bonds is 3. The standard InChI is InChI=1S/C17H27NO3S/c1-11-12(2)14(4)17(15(5)13(11)3)22(20,21)18-9-7-6-8-16(18)10-19/h16,19H,6-10H2,1-5H3. The van der Waals surface area contributed by atoms with Gasteiger partial charge in [0.1, 0.15) is 0 Å². The summed E-state index contributed by atoms with van der Waals surface area (Å²) in [6.07, 6.45) is 2.57. The molecule has 0 amide bonds. The number of hydrogen-bond donors (Lipinski definition) is 1. The van der Waals surface area contributed by atoms with Gasteiger partial charge in [-0.15, -0.1) is 0 Å². The molecule has 0 spiro atoms. The van der Waals surface area contributed by atoms with Gasteiger partial charge in [-0.05, 0) is 75.3 Å². The molecule has 1 aromatic rings. The van der Waals surface area contributed by atoms with Crippen molar-refractivity contribution < 1.29 is 13.5 Å². The van der Waals surface area contributed by atoms with Crippen molar-refractivity contribution in [3.63, 3.8) is 0 Å². The van der Waals surface area contributed by atoms with Crippen LogP contribution in [0, 0.1) is 34.6 Å². The van der Waals surface area contributed by atoms with Crippen LogP contribution in [0.3, 0.4) is 0 Å². The number of piperidine rings is 1. The van der Waals surface area contributed by atoms with E-state index in [4.69, 9.17) is 0 Å². The predicted octanol–water partition coefficient (Wildman–Crippen LogP) is 2.76. The molecular formula is C17H27NO3S. The summed E-state index contributed by atoms with van der Waals surface area (Å²) in [7, 11) is -3.57. The summed E-state index contributed by atoms with van der Waals surface area (Å²) >= 11 is 0. The molecule has 1 aliphatic heterocycles. The predicted molar refractivity (Wildman–Crippen MR) is 88.7 cm³/mol. The summed E-state index contributed by atoms with van der Waals surface area (Å²) < 4.78 is 28.0. The highest BCUT2D eigenvalue weighted by Gasteiger charge is 2.35. The van der Waals surface area contributed by atoms with E-state index in [1.807, 2.05) is 34.6 Å². The van der Waals surface area contributed by atoms with Gasteiger partial charge in [0.2, 0.25) is 10.0 Å². The van der Waals surface area contributed by atoms with Crippen molar-refractivity contribution in [1.29, 1.82) is 0 Å². The molecule has 124 valence electrons. The highest BCUT2D eigenvalue weighted by molar-refractivity contribution is 7.89. The van der Waals surface area contributed by atoms with Gasteiger partial charge in [-0.1, -0.05) is 6.42 Å². The molecule has 4 nitrogen and oxygen atoms in total. The summed E-state index contributed by atoms with van der Waals surface area (Å²) in [5.41, 5.74) is 4.91. The molecule has 5 heteroatoms. The molecule has 1 fully saturated rings. The summed E-state index contributed by atoms with van der Waals surface area (Å²) in [5, 5.41) is 9.56. The lowest BCUT2D eigenvalue weighted by Crippen LogP contribution is -2.46. The maximum absolute atomic E-state index is 13.2. The lowest BCUT2D eigenvalue weighted by Gasteiger charge is -2.34. The van der Waals surface area contributed by atoms with Crippen molar-refractivity contribution in [2.24, 2.45) is 0 Å². The zero-order valence-electron chi connectivity index (χ0n) is 14.2. The Bertz CT molecular complexity index is 651. The first-order valence-electron chi connectivity index (χ1n) is 7.93. The van der Waals surface area contributed by atoms with Crippen LogP contribution in [0.15, 0.2) is 4.90 Å². The SMILES string of the molecule is Cc1c(C)c(C)c(S(=O)(=O)N2CCCCC2CO)c(C)c1C. The third-order valence-electron chi connectivity index (χ3n) is 5.28. The summed E-state index contributed by atoms with van der Waals surface area (Å²) in [6, 6.07) is -0.292. The summed E-state index contributed by atoms with van der Waals surface area (Å²) in [4.78, 5) is 0.438. The van der Waals surface area contributed by atoms with Crippen LogP contribution in [0.1, 0.15) is 47.1 Å². The number of hydrogen-bond acceptors (Lipinski definition) is 3. The maximum atomic E-state index is 13.2. The molecule has 1 aliphatic rings. The Labute approximate surface area is 134 Å². The third-order valence-corrected chi connectivity index (χ3v) is 7.51. The maximum Gasteiger partial charge on any atom is 0.243 e. The summed E-state index contributed by atoms with van der Waals surface area (Å²) in [6.45, 7) is 10.2. The van der Waals surface area contributed by atoms with Gasteiger partial charge in [0, 0.05) is 12.6 Å². The van der Waals surface area contributed by atoms with Crippen molar-refractivity contribution in [2.45, 2.75) is 64.8 Å². The normalized spacial score (nSPS) is 20.4. The lowest BCUT2D eigenvalue weighted by atomic mass is 9.95. The topological polar surface area (TPSA) is 57.6 Å². The van der Waals surface area contributed by atoms with Crippen LogP contribution in [0.4, 0.5) is 0 Å². The van der Waals surface area contributed by atoms with Crippen LogP contribution in [0.25, 0.3) is 0 Å². The Morgan fingerprint density at radius 3 is 1.95 bits per heavy atom. The molecule has 22 heavy (non-hydrogen) atoms. The molecule has 0 aliphatic carbocycles. The van der Waals surface area contributed by atoms with Gasteiger partial charge >= 0.3 is 0 Å². The molecule has 1 unspecified atom stereocenters. The van der Waals surface area contributed by atoms with Crippen molar-refractivity contribution in [3.05, 3.63) is 27.8 Å². The van der Waals surface area contributed by atoms with E-state index in [0.29, 0.717) is 11.4 Å². The smallest absolute Gasteiger partial charge is 0.243 e. The van der Waals surface area contributed by atoms with E-state index in [-0.39, 0.29) is 12.6 Å². The van der Waals surface area contributed by atoms with Gasteiger partial charge in [-0.3, -0.25) is 0 Å². The van der Waals surface area contributed by atoms with Gasteiger partial charge < -0.3 is 5.11 Å². The zero-order chi connectivity index (χ0) is 16.7. The molecule has 2 rings (SSSR count). The highest BCUT2D eigenvalue weighted by Crippen LogP contribution is 2.33. The molecule has 0 aromatic heterocycles. The van der Waals surface area contributed by atoms with Crippen molar-refractivity contribution in [3.8, 4) is 0 Å². The fourth-order valence-corrected chi connectivity index (χ4v) is 5.69. The van der Waals surface area contributed by atoms with E-state index in [1.54, 1.807) is 0 Å². The number of benzene rings is 1. The fraction of sp³-hybridized carbons (Fsp3) is 0.647. The van der Waals surface area contributed by atoms with Crippen LogP contribution < -0.4 is 0 Å². The van der Waals surface area contributed by atoms with E-state index in [1.165, 1.54) is 4.31 Å². The zero-order valence-corrected chi connectivity index (χ0v) is 15.0. The molecule has 0 radical (unpaired) electrons. The number of sulfonamides is 1. The van der Waals surface area contributed by atoms with Crippen LogP contribution in [0.5, 0.6) is 0 Å². The molecule has 0 saturated carbocycles. The third kappa shape index (κ3) is 2.70. The highest BCUT2D eigenvalue weighted by atomic mass is 32.2. The molecule has 1 heterocycles. The average molecular weight is 325 g/mol. The number of aliphatic hydroxyl groups excluding tert-OH is 1. The Morgan fingerprint density at radius 1 is 0.955 bits per heavy atom.